The molecule has 1 atom stereocenters. The molecule has 4 heteroatoms. The monoisotopic (exact) mass is 287 g/mol. The van der Waals surface area contributed by atoms with Crippen LogP contribution in [0.2, 0.25) is 0 Å². The molecular formula is C17H21NO3. The van der Waals surface area contributed by atoms with E-state index in [4.69, 9.17) is 5.11 Å². The standard InChI is InChI=1S/C17H21NO3/c1-12-6-5-9-14(12)17(21)18-15(10-11-16(19)20)13-7-3-2-4-8-13/h2-4,7-8,15H,5-6,9-11H2,1H3,(H,18,21)(H,19,20). The van der Waals surface area contributed by atoms with Crippen molar-refractivity contribution in [1.29, 1.82) is 0 Å². The van der Waals surface area contributed by atoms with Gasteiger partial charge >= 0.3 is 5.97 Å². The lowest BCUT2D eigenvalue weighted by atomic mass is 10.0. The minimum Gasteiger partial charge on any atom is -0.481 e. The molecule has 21 heavy (non-hydrogen) atoms. The third-order valence-electron chi connectivity index (χ3n) is 3.92. The van der Waals surface area contributed by atoms with Crippen molar-refractivity contribution in [2.75, 3.05) is 0 Å². The van der Waals surface area contributed by atoms with E-state index in [-0.39, 0.29) is 18.4 Å². The number of carboxylic acids is 1. The Bertz CT molecular complexity index is 548. The van der Waals surface area contributed by atoms with Crippen LogP contribution in [0.3, 0.4) is 0 Å². The fourth-order valence-electron chi connectivity index (χ4n) is 2.72. The average molecular weight is 287 g/mol. The lowest BCUT2D eigenvalue weighted by Crippen LogP contribution is -2.30. The van der Waals surface area contributed by atoms with Crippen LogP contribution in [0.15, 0.2) is 41.5 Å². The van der Waals surface area contributed by atoms with Crippen molar-refractivity contribution >= 4 is 11.9 Å². The summed E-state index contributed by atoms with van der Waals surface area (Å²) in [5.41, 5.74) is 2.96. The van der Waals surface area contributed by atoms with Gasteiger partial charge in [-0.3, -0.25) is 9.59 Å². The summed E-state index contributed by atoms with van der Waals surface area (Å²) in [6.07, 6.45) is 3.26. The Hall–Kier alpha value is -2.10. The quantitative estimate of drug-likeness (QED) is 0.844. The average Bonchev–Trinajstić information content (AvgIpc) is 2.90. The minimum atomic E-state index is -0.846. The fraction of sp³-hybridized carbons (Fsp3) is 0.412. The van der Waals surface area contributed by atoms with Gasteiger partial charge in [0.05, 0.1) is 6.04 Å². The number of carboxylic acid groups (broad SMARTS) is 1. The number of amides is 1. The molecule has 4 nitrogen and oxygen atoms in total. The summed E-state index contributed by atoms with van der Waals surface area (Å²) < 4.78 is 0. The van der Waals surface area contributed by atoms with Gasteiger partial charge in [0.1, 0.15) is 0 Å². The lowest BCUT2D eigenvalue weighted by molar-refractivity contribution is -0.137. The van der Waals surface area contributed by atoms with E-state index in [9.17, 15) is 9.59 Å². The Morgan fingerprint density at radius 3 is 2.52 bits per heavy atom. The maximum absolute atomic E-state index is 12.4. The third kappa shape index (κ3) is 4.18. The van der Waals surface area contributed by atoms with Crippen LogP contribution < -0.4 is 5.32 Å². The number of nitrogens with one attached hydrogen (secondary N) is 1. The molecule has 0 radical (unpaired) electrons. The molecule has 1 aliphatic rings. The first-order chi connectivity index (χ1) is 10.1. The molecule has 112 valence electrons. The Morgan fingerprint density at radius 2 is 1.95 bits per heavy atom. The van der Waals surface area contributed by atoms with Gasteiger partial charge in [0.2, 0.25) is 5.91 Å². The van der Waals surface area contributed by atoms with Crippen molar-refractivity contribution in [3.8, 4) is 0 Å². The largest absolute Gasteiger partial charge is 0.481 e. The van der Waals surface area contributed by atoms with Crippen LogP contribution in [0, 0.1) is 0 Å². The van der Waals surface area contributed by atoms with E-state index in [0.717, 1.165) is 36.0 Å². The molecule has 0 fully saturated rings. The van der Waals surface area contributed by atoms with Gasteiger partial charge in [-0.05, 0) is 38.2 Å². The van der Waals surface area contributed by atoms with E-state index in [2.05, 4.69) is 5.32 Å². The SMILES string of the molecule is CC1=C(C(=O)NC(CCC(=O)O)c2ccccc2)CCC1. The smallest absolute Gasteiger partial charge is 0.303 e. The summed E-state index contributed by atoms with van der Waals surface area (Å²) in [4.78, 5) is 23.2. The second-order valence-electron chi connectivity index (χ2n) is 5.48. The Balaban J connectivity index is 2.10. The zero-order valence-electron chi connectivity index (χ0n) is 12.3. The number of carbonyl (C=O) groups is 2. The predicted molar refractivity (Wildman–Crippen MR) is 80.7 cm³/mol. The number of benzene rings is 1. The number of allylic oxidation sites excluding steroid dienone is 1. The molecule has 1 amide bonds. The highest BCUT2D eigenvalue weighted by Gasteiger charge is 2.22. The third-order valence-corrected chi connectivity index (χ3v) is 3.92. The Morgan fingerprint density at radius 1 is 1.24 bits per heavy atom. The molecule has 2 N–H and O–H groups in total. The lowest BCUT2D eigenvalue weighted by Gasteiger charge is -2.19. The molecule has 0 heterocycles. The van der Waals surface area contributed by atoms with Crippen molar-refractivity contribution in [2.24, 2.45) is 0 Å². The molecule has 1 unspecified atom stereocenters. The summed E-state index contributed by atoms with van der Waals surface area (Å²) in [7, 11) is 0. The van der Waals surface area contributed by atoms with Crippen molar-refractivity contribution in [3.63, 3.8) is 0 Å². The van der Waals surface area contributed by atoms with Gasteiger partial charge in [0.15, 0.2) is 0 Å². The zero-order valence-corrected chi connectivity index (χ0v) is 12.3. The van der Waals surface area contributed by atoms with Gasteiger partial charge in [0.25, 0.3) is 0 Å². The van der Waals surface area contributed by atoms with Gasteiger partial charge < -0.3 is 10.4 Å². The first-order valence-electron chi connectivity index (χ1n) is 7.34. The maximum Gasteiger partial charge on any atom is 0.303 e. The van der Waals surface area contributed by atoms with Crippen LogP contribution in [-0.4, -0.2) is 17.0 Å². The van der Waals surface area contributed by atoms with Crippen LogP contribution in [0.1, 0.15) is 50.6 Å². The number of carbonyl (C=O) groups excluding carboxylic acids is 1. The summed E-state index contributed by atoms with van der Waals surface area (Å²) >= 11 is 0. The highest BCUT2D eigenvalue weighted by atomic mass is 16.4. The van der Waals surface area contributed by atoms with Crippen molar-refractivity contribution in [1.82, 2.24) is 5.32 Å². The second-order valence-corrected chi connectivity index (χ2v) is 5.48. The van der Waals surface area contributed by atoms with Crippen molar-refractivity contribution < 1.29 is 14.7 Å². The summed E-state index contributed by atoms with van der Waals surface area (Å²) in [5, 5.41) is 11.9. The molecular weight excluding hydrogens is 266 g/mol. The van der Waals surface area contributed by atoms with E-state index in [1.54, 1.807) is 0 Å². The van der Waals surface area contributed by atoms with Crippen LogP contribution in [0.25, 0.3) is 0 Å². The molecule has 0 saturated heterocycles. The predicted octanol–water partition coefficient (Wildman–Crippen LogP) is 3.21. The van der Waals surface area contributed by atoms with Gasteiger partial charge in [-0.15, -0.1) is 0 Å². The molecule has 0 saturated carbocycles. The van der Waals surface area contributed by atoms with Crippen LogP contribution in [-0.2, 0) is 9.59 Å². The number of rotatable bonds is 6. The highest BCUT2D eigenvalue weighted by Crippen LogP contribution is 2.27. The fourth-order valence-corrected chi connectivity index (χ4v) is 2.72. The normalized spacial score (nSPS) is 15.9. The van der Waals surface area contributed by atoms with E-state index in [1.807, 2.05) is 37.3 Å². The highest BCUT2D eigenvalue weighted by molar-refractivity contribution is 5.94. The van der Waals surface area contributed by atoms with Crippen molar-refractivity contribution in [2.45, 2.75) is 45.1 Å². The molecule has 1 aliphatic carbocycles. The maximum atomic E-state index is 12.4. The summed E-state index contributed by atoms with van der Waals surface area (Å²) in [6, 6.07) is 9.29. The molecule has 1 aromatic rings. The molecule has 0 spiro atoms. The van der Waals surface area contributed by atoms with E-state index < -0.39 is 5.97 Å². The van der Waals surface area contributed by atoms with Gasteiger partial charge in [-0.25, -0.2) is 0 Å². The molecule has 0 aromatic heterocycles. The number of hydrogen-bond acceptors (Lipinski definition) is 2. The van der Waals surface area contributed by atoms with Crippen LogP contribution in [0.4, 0.5) is 0 Å². The molecule has 0 aliphatic heterocycles. The van der Waals surface area contributed by atoms with Crippen LogP contribution >= 0.6 is 0 Å². The van der Waals surface area contributed by atoms with Gasteiger partial charge in [-0.2, -0.15) is 0 Å². The molecule has 0 bridgehead atoms. The van der Waals surface area contributed by atoms with E-state index in [0.29, 0.717) is 6.42 Å². The van der Waals surface area contributed by atoms with Gasteiger partial charge in [0, 0.05) is 12.0 Å². The number of aliphatic carboxylic acids is 1. The summed E-state index contributed by atoms with van der Waals surface area (Å²) in [5.74, 6) is -0.898. The second kappa shape index (κ2) is 7.07. The summed E-state index contributed by atoms with van der Waals surface area (Å²) in [6.45, 7) is 2.00. The van der Waals surface area contributed by atoms with Crippen molar-refractivity contribution in [3.05, 3.63) is 47.0 Å². The minimum absolute atomic E-state index is 0.0396. The van der Waals surface area contributed by atoms with E-state index in [1.165, 1.54) is 0 Å². The van der Waals surface area contributed by atoms with Gasteiger partial charge in [-0.1, -0.05) is 35.9 Å². The molecule has 2 rings (SSSR count). The Kier molecular flexibility index (Phi) is 5.14. The molecule has 1 aromatic carbocycles. The Labute approximate surface area is 124 Å². The zero-order chi connectivity index (χ0) is 15.2. The van der Waals surface area contributed by atoms with E-state index >= 15 is 0 Å². The number of hydrogen-bond donors (Lipinski definition) is 2. The topological polar surface area (TPSA) is 66.4 Å². The first-order valence-corrected chi connectivity index (χ1v) is 7.34. The van der Waals surface area contributed by atoms with Crippen LogP contribution in [0.5, 0.6) is 0 Å². The first kappa shape index (κ1) is 15.3.